The molecule has 3 rings (SSSR count). The highest BCUT2D eigenvalue weighted by Gasteiger charge is 2.31. The summed E-state index contributed by atoms with van der Waals surface area (Å²) in [5.41, 5.74) is 2.72. The minimum atomic E-state index is -0.0436. The number of carbonyl (C=O) groups excluding carboxylic acids is 1. The molecule has 1 unspecified atom stereocenters. The van der Waals surface area contributed by atoms with E-state index in [0.29, 0.717) is 17.8 Å². The normalized spacial score (nSPS) is 18.9. The Kier molecular flexibility index (Phi) is 4.73. The van der Waals surface area contributed by atoms with E-state index in [1.807, 2.05) is 54.6 Å². The Morgan fingerprint density at radius 2 is 1.78 bits per heavy atom. The molecule has 23 heavy (non-hydrogen) atoms. The topological polar surface area (TPSA) is 52.9 Å². The molecule has 3 heteroatoms. The molecule has 1 saturated carbocycles. The summed E-state index contributed by atoms with van der Waals surface area (Å²) in [6.45, 7) is 0. The van der Waals surface area contributed by atoms with E-state index in [4.69, 9.17) is 5.26 Å². The van der Waals surface area contributed by atoms with Crippen molar-refractivity contribution in [2.45, 2.75) is 31.7 Å². The third-order valence-electron chi connectivity index (χ3n) is 4.50. The molecular weight excluding hydrogens is 284 g/mol. The molecule has 3 nitrogen and oxygen atoms in total. The quantitative estimate of drug-likeness (QED) is 0.906. The first kappa shape index (κ1) is 15.3. The minimum Gasteiger partial charge on any atom is -0.378 e. The monoisotopic (exact) mass is 304 g/mol. The number of Topliss-reactive ketones (excluding diaryl/α,β-unsaturated/α-hetero) is 1. The van der Waals surface area contributed by atoms with E-state index < -0.39 is 0 Å². The fourth-order valence-electron chi connectivity index (χ4n) is 3.26. The Morgan fingerprint density at radius 3 is 2.43 bits per heavy atom. The Labute approximate surface area is 137 Å². The third-order valence-corrected chi connectivity index (χ3v) is 4.50. The Balaban J connectivity index is 1.91. The van der Waals surface area contributed by atoms with Gasteiger partial charge in [-0.15, -0.1) is 0 Å². The van der Waals surface area contributed by atoms with Gasteiger partial charge in [0.15, 0.2) is 0 Å². The van der Waals surface area contributed by atoms with Crippen molar-refractivity contribution in [2.75, 3.05) is 5.32 Å². The second-order valence-electron chi connectivity index (χ2n) is 6.04. The van der Waals surface area contributed by atoms with E-state index in [-0.39, 0.29) is 12.0 Å². The SMILES string of the molecule is N#Cc1ccc([C@@H](Nc2ccccc2)C2CCCCC2=O)cc1. The van der Waals surface area contributed by atoms with Gasteiger partial charge < -0.3 is 5.32 Å². The van der Waals surface area contributed by atoms with Crippen LogP contribution < -0.4 is 5.32 Å². The smallest absolute Gasteiger partial charge is 0.138 e. The van der Waals surface area contributed by atoms with Crippen molar-refractivity contribution in [3.8, 4) is 6.07 Å². The maximum absolute atomic E-state index is 12.4. The summed E-state index contributed by atoms with van der Waals surface area (Å²) in [5, 5.41) is 12.5. The summed E-state index contributed by atoms with van der Waals surface area (Å²) in [4.78, 5) is 12.4. The van der Waals surface area contributed by atoms with Gasteiger partial charge in [0.25, 0.3) is 0 Å². The highest BCUT2D eigenvalue weighted by Crippen LogP contribution is 2.34. The third kappa shape index (κ3) is 3.60. The number of anilines is 1. The number of nitrogens with one attached hydrogen (secondary N) is 1. The van der Waals surface area contributed by atoms with E-state index >= 15 is 0 Å². The van der Waals surface area contributed by atoms with Crippen LogP contribution in [0, 0.1) is 17.2 Å². The van der Waals surface area contributed by atoms with Gasteiger partial charge in [-0.2, -0.15) is 5.26 Å². The second-order valence-corrected chi connectivity index (χ2v) is 6.04. The van der Waals surface area contributed by atoms with Crippen LogP contribution >= 0.6 is 0 Å². The van der Waals surface area contributed by atoms with Crippen molar-refractivity contribution in [1.29, 1.82) is 5.26 Å². The molecule has 0 aliphatic heterocycles. The average molecular weight is 304 g/mol. The molecule has 0 spiro atoms. The number of carbonyl (C=O) groups is 1. The van der Waals surface area contributed by atoms with Gasteiger partial charge in [-0.1, -0.05) is 36.8 Å². The van der Waals surface area contributed by atoms with Gasteiger partial charge >= 0.3 is 0 Å². The first-order valence-corrected chi connectivity index (χ1v) is 8.12. The van der Waals surface area contributed by atoms with E-state index in [2.05, 4.69) is 11.4 Å². The Bertz CT molecular complexity index is 701. The van der Waals surface area contributed by atoms with Crippen molar-refractivity contribution in [2.24, 2.45) is 5.92 Å². The zero-order valence-electron chi connectivity index (χ0n) is 13.0. The zero-order valence-corrected chi connectivity index (χ0v) is 13.0. The first-order valence-electron chi connectivity index (χ1n) is 8.12. The molecule has 1 N–H and O–H groups in total. The van der Waals surface area contributed by atoms with E-state index in [1.165, 1.54) is 0 Å². The fourth-order valence-corrected chi connectivity index (χ4v) is 3.26. The predicted octanol–water partition coefficient (Wildman–Crippen LogP) is 4.47. The van der Waals surface area contributed by atoms with Gasteiger partial charge in [-0.25, -0.2) is 0 Å². The number of hydrogen-bond donors (Lipinski definition) is 1. The van der Waals surface area contributed by atoms with Crippen molar-refractivity contribution >= 4 is 11.5 Å². The number of hydrogen-bond acceptors (Lipinski definition) is 3. The molecule has 0 amide bonds. The molecule has 0 saturated heterocycles. The molecule has 1 aliphatic rings. The van der Waals surface area contributed by atoms with Crippen LogP contribution in [0.4, 0.5) is 5.69 Å². The van der Waals surface area contributed by atoms with Gasteiger partial charge in [0.1, 0.15) is 5.78 Å². The van der Waals surface area contributed by atoms with E-state index in [9.17, 15) is 4.79 Å². The van der Waals surface area contributed by atoms with Gasteiger partial charge in [0, 0.05) is 18.0 Å². The number of para-hydroxylation sites is 1. The molecule has 0 heterocycles. The van der Waals surface area contributed by atoms with Gasteiger partial charge in [0.2, 0.25) is 0 Å². The second kappa shape index (κ2) is 7.11. The lowest BCUT2D eigenvalue weighted by Gasteiger charge is -2.31. The summed E-state index contributed by atoms with van der Waals surface area (Å²) in [6.07, 6.45) is 3.69. The molecule has 2 aromatic rings. The predicted molar refractivity (Wildman–Crippen MR) is 90.9 cm³/mol. The highest BCUT2D eigenvalue weighted by molar-refractivity contribution is 5.83. The molecule has 0 bridgehead atoms. The minimum absolute atomic E-state index is 0.00288. The van der Waals surface area contributed by atoms with E-state index in [1.54, 1.807) is 0 Å². The fraction of sp³-hybridized carbons (Fsp3) is 0.300. The number of nitrogens with zero attached hydrogens (tertiary/aromatic N) is 1. The number of benzene rings is 2. The molecule has 0 aromatic heterocycles. The summed E-state index contributed by atoms with van der Waals surface area (Å²) in [7, 11) is 0. The van der Waals surface area contributed by atoms with Crippen LogP contribution in [0.15, 0.2) is 54.6 Å². The van der Waals surface area contributed by atoms with Crippen LogP contribution in [-0.2, 0) is 4.79 Å². The molecule has 2 atom stereocenters. The van der Waals surface area contributed by atoms with Gasteiger partial charge in [-0.05, 0) is 42.7 Å². The Morgan fingerprint density at radius 1 is 1.04 bits per heavy atom. The average Bonchev–Trinajstić information content (AvgIpc) is 2.61. The molecule has 1 aliphatic carbocycles. The number of ketones is 1. The number of rotatable bonds is 4. The van der Waals surface area contributed by atoms with Crippen LogP contribution in [0.3, 0.4) is 0 Å². The van der Waals surface area contributed by atoms with Crippen LogP contribution in [-0.4, -0.2) is 5.78 Å². The van der Waals surface area contributed by atoms with Crippen LogP contribution in [0.5, 0.6) is 0 Å². The lowest BCUT2D eigenvalue weighted by molar-refractivity contribution is -0.125. The molecule has 2 aromatic carbocycles. The van der Waals surface area contributed by atoms with Crippen LogP contribution in [0.25, 0.3) is 0 Å². The van der Waals surface area contributed by atoms with Crippen molar-refractivity contribution in [3.63, 3.8) is 0 Å². The molecule has 116 valence electrons. The van der Waals surface area contributed by atoms with Crippen molar-refractivity contribution < 1.29 is 4.79 Å². The van der Waals surface area contributed by atoms with Crippen LogP contribution in [0.2, 0.25) is 0 Å². The molecular formula is C20H20N2O. The lowest BCUT2D eigenvalue weighted by atomic mass is 9.80. The van der Waals surface area contributed by atoms with Gasteiger partial charge in [-0.3, -0.25) is 4.79 Å². The lowest BCUT2D eigenvalue weighted by Crippen LogP contribution is -2.30. The standard InChI is InChI=1S/C20H20N2O/c21-14-15-10-12-16(13-11-15)20(18-8-4-5-9-19(18)23)22-17-6-2-1-3-7-17/h1-3,6-7,10-13,18,20,22H,4-5,8-9H2/t18?,20-/m1/s1. The molecule has 1 fully saturated rings. The molecule has 0 radical (unpaired) electrons. The van der Waals surface area contributed by atoms with Crippen molar-refractivity contribution in [3.05, 3.63) is 65.7 Å². The largest absolute Gasteiger partial charge is 0.378 e. The maximum atomic E-state index is 12.4. The first-order chi connectivity index (χ1) is 11.3. The maximum Gasteiger partial charge on any atom is 0.138 e. The summed E-state index contributed by atoms with van der Waals surface area (Å²) in [6, 6.07) is 19.7. The summed E-state index contributed by atoms with van der Waals surface area (Å²) >= 11 is 0. The highest BCUT2D eigenvalue weighted by atomic mass is 16.1. The van der Waals surface area contributed by atoms with Crippen molar-refractivity contribution in [1.82, 2.24) is 0 Å². The van der Waals surface area contributed by atoms with Gasteiger partial charge in [0.05, 0.1) is 17.7 Å². The van der Waals surface area contributed by atoms with Crippen LogP contribution in [0.1, 0.15) is 42.9 Å². The summed E-state index contributed by atoms with van der Waals surface area (Å²) < 4.78 is 0. The van der Waals surface area contributed by atoms with E-state index in [0.717, 1.165) is 30.5 Å². The Hall–Kier alpha value is -2.60. The summed E-state index contributed by atoms with van der Waals surface area (Å²) in [5.74, 6) is 0.339. The zero-order chi connectivity index (χ0) is 16.1. The number of nitriles is 1.